The molecule has 0 spiro atoms. The highest BCUT2D eigenvalue weighted by molar-refractivity contribution is 5.31. The lowest BCUT2D eigenvalue weighted by atomic mass is 10.1. The Morgan fingerprint density at radius 1 is 1.30 bits per heavy atom. The predicted molar refractivity (Wildman–Crippen MR) is 75.1 cm³/mol. The van der Waals surface area contributed by atoms with Gasteiger partial charge in [-0.3, -0.25) is 9.97 Å². The third kappa shape index (κ3) is 3.51. The van der Waals surface area contributed by atoms with Gasteiger partial charge in [-0.2, -0.15) is 0 Å². The van der Waals surface area contributed by atoms with E-state index in [-0.39, 0.29) is 11.9 Å². The zero-order valence-electron chi connectivity index (χ0n) is 11.6. The summed E-state index contributed by atoms with van der Waals surface area (Å²) in [6.45, 7) is 2.71. The normalized spacial score (nSPS) is 12.2. The molecule has 2 rings (SSSR count). The molecule has 4 nitrogen and oxygen atoms in total. The molecule has 2 aromatic heterocycles. The Kier molecular flexibility index (Phi) is 5.01. The largest absolute Gasteiger partial charge is 0.492 e. The second-order valence-electron chi connectivity index (χ2n) is 4.43. The molecule has 2 heterocycles. The van der Waals surface area contributed by atoms with Gasteiger partial charge in [0.1, 0.15) is 11.6 Å². The van der Waals surface area contributed by atoms with Crippen LogP contribution in [0, 0.1) is 5.82 Å². The van der Waals surface area contributed by atoms with Crippen molar-refractivity contribution in [1.29, 1.82) is 0 Å². The van der Waals surface area contributed by atoms with Gasteiger partial charge in [-0.05, 0) is 37.2 Å². The first-order valence-corrected chi connectivity index (χ1v) is 6.61. The van der Waals surface area contributed by atoms with Gasteiger partial charge >= 0.3 is 0 Å². The molecule has 5 heteroatoms. The Bertz CT molecular complexity index is 545. The number of pyridine rings is 2. The fourth-order valence-electron chi connectivity index (χ4n) is 1.94. The first-order valence-electron chi connectivity index (χ1n) is 6.61. The van der Waals surface area contributed by atoms with Gasteiger partial charge in [0.2, 0.25) is 0 Å². The van der Waals surface area contributed by atoms with E-state index in [2.05, 4.69) is 22.2 Å². The van der Waals surface area contributed by atoms with Crippen molar-refractivity contribution in [2.45, 2.75) is 19.4 Å². The molecule has 0 fully saturated rings. The van der Waals surface area contributed by atoms with Gasteiger partial charge in [-0.1, -0.05) is 6.92 Å². The molecule has 1 N–H and O–H groups in total. The van der Waals surface area contributed by atoms with Crippen molar-refractivity contribution in [2.24, 2.45) is 0 Å². The Morgan fingerprint density at radius 3 is 2.80 bits per heavy atom. The number of hydrogen-bond donors (Lipinski definition) is 1. The van der Waals surface area contributed by atoms with Gasteiger partial charge in [0.05, 0.1) is 30.7 Å². The lowest BCUT2D eigenvalue weighted by Crippen LogP contribution is -2.19. The lowest BCUT2D eigenvalue weighted by molar-refractivity contribution is 0.315. The molecule has 0 radical (unpaired) electrons. The molecule has 0 aromatic carbocycles. The number of hydrogen-bond acceptors (Lipinski definition) is 4. The zero-order chi connectivity index (χ0) is 14.4. The molecular formula is C15H18FN3O. The molecule has 0 amide bonds. The van der Waals surface area contributed by atoms with Gasteiger partial charge in [-0.15, -0.1) is 0 Å². The SMILES string of the molecule is CCCOc1cncc(C(NC)c2ccc(F)cn2)c1. The van der Waals surface area contributed by atoms with E-state index in [1.807, 2.05) is 13.1 Å². The van der Waals surface area contributed by atoms with E-state index in [0.29, 0.717) is 6.61 Å². The maximum absolute atomic E-state index is 12.9. The molecule has 20 heavy (non-hydrogen) atoms. The minimum atomic E-state index is -0.346. The predicted octanol–water partition coefficient (Wildman–Crippen LogP) is 2.71. The highest BCUT2D eigenvalue weighted by atomic mass is 19.1. The minimum absolute atomic E-state index is 0.145. The topological polar surface area (TPSA) is 47.0 Å². The van der Waals surface area contributed by atoms with Gasteiger partial charge in [0.25, 0.3) is 0 Å². The van der Waals surface area contributed by atoms with Crippen LogP contribution in [0.3, 0.4) is 0 Å². The fraction of sp³-hybridized carbons (Fsp3) is 0.333. The van der Waals surface area contributed by atoms with Crippen molar-refractivity contribution in [3.8, 4) is 5.75 Å². The molecule has 0 saturated heterocycles. The van der Waals surface area contributed by atoms with E-state index in [1.165, 1.54) is 12.3 Å². The maximum atomic E-state index is 12.9. The summed E-state index contributed by atoms with van der Waals surface area (Å²) in [5.41, 5.74) is 1.67. The van der Waals surface area contributed by atoms with Crippen LogP contribution in [0.4, 0.5) is 4.39 Å². The highest BCUT2D eigenvalue weighted by Gasteiger charge is 2.14. The van der Waals surface area contributed by atoms with Crippen LogP contribution < -0.4 is 10.1 Å². The summed E-state index contributed by atoms with van der Waals surface area (Å²) in [7, 11) is 1.83. The Labute approximate surface area is 118 Å². The van der Waals surface area contributed by atoms with E-state index in [1.54, 1.807) is 18.5 Å². The first kappa shape index (κ1) is 14.4. The van der Waals surface area contributed by atoms with E-state index in [4.69, 9.17) is 4.74 Å². The Hall–Kier alpha value is -2.01. The number of nitrogens with zero attached hydrogens (tertiary/aromatic N) is 2. The standard InChI is InChI=1S/C15H18FN3O/c1-3-6-20-13-7-11(8-18-10-13)15(17-2)14-5-4-12(16)9-19-14/h4-5,7-10,15,17H,3,6H2,1-2H3. The Morgan fingerprint density at radius 2 is 2.15 bits per heavy atom. The van der Waals surface area contributed by atoms with Gasteiger partial charge < -0.3 is 10.1 Å². The fourth-order valence-corrected chi connectivity index (χ4v) is 1.94. The van der Waals surface area contributed by atoms with E-state index < -0.39 is 0 Å². The molecule has 106 valence electrons. The molecule has 0 saturated carbocycles. The summed E-state index contributed by atoms with van der Waals surface area (Å²) in [5.74, 6) is 0.383. The molecular weight excluding hydrogens is 257 g/mol. The van der Waals surface area contributed by atoms with E-state index >= 15 is 0 Å². The van der Waals surface area contributed by atoms with Crippen molar-refractivity contribution in [3.05, 3.63) is 53.9 Å². The number of ether oxygens (including phenoxy) is 1. The smallest absolute Gasteiger partial charge is 0.141 e. The van der Waals surface area contributed by atoms with Crippen LogP contribution in [-0.2, 0) is 0 Å². The highest BCUT2D eigenvalue weighted by Crippen LogP contribution is 2.22. The summed E-state index contributed by atoms with van der Waals surface area (Å²) >= 11 is 0. The second-order valence-corrected chi connectivity index (χ2v) is 4.43. The minimum Gasteiger partial charge on any atom is -0.492 e. The van der Waals surface area contributed by atoms with Crippen molar-refractivity contribution in [2.75, 3.05) is 13.7 Å². The Balaban J connectivity index is 2.24. The first-order chi connectivity index (χ1) is 9.74. The number of aromatic nitrogens is 2. The molecule has 2 aromatic rings. The van der Waals surface area contributed by atoms with Gasteiger partial charge in [-0.25, -0.2) is 4.39 Å². The van der Waals surface area contributed by atoms with Crippen LogP contribution in [0.2, 0.25) is 0 Å². The molecule has 1 atom stereocenters. The van der Waals surface area contributed by atoms with E-state index in [0.717, 1.165) is 23.4 Å². The van der Waals surface area contributed by atoms with Crippen LogP contribution in [0.1, 0.15) is 30.6 Å². The van der Waals surface area contributed by atoms with Crippen LogP contribution in [0.25, 0.3) is 0 Å². The zero-order valence-corrected chi connectivity index (χ0v) is 11.6. The number of rotatable bonds is 6. The molecule has 0 bridgehead atoms. The summed E-state index contributed by atoms with van der Waals surface area (Å²) in [4.78, 5) is 8.29. The monoisotopic (exact) mass is 275 g/mol. The van der Waals surface area contributed by atoms with E-state index in [9.17, 15) is 4.39 Å². The van der Waals surface area contributed by atoms with Crippen LogP contribution >= 0.6 is 0 Å². The summed E-state index contributed by atoms with van der Waals surface area (Å²) in [6.07, 6.45) is 5.60. The van der Waals surface area contributed by atoms with Gasteiger partial charge in [0, 0.05) is 6.20 Å². The van der Waals surface area contributed by atoms with Crippen molar-refractivity contribution in [1.82, 2.24) is 15.3 Å². The van der Waals surface area contributed by atoms with Gasteiger partial charge in [0.15, 0.2) is 0 Å². The average Bonchev–Trinajstić information content (AvgIpc) is 2.48. The van der Waals surface area contributed by atoms with Crippen molar-refractivity contribution >= 4 is 0 Å². The van der Waals surface area contributed by atoms with Crippen molar-refractivity contribution < 1.29 is 9.13 Å². The van der Waals surface area contributed by atoms with Crippen LogP contribution in [0.5, 0.6) is 5.75 Å². The molecule has 0 aliphatic carbocycles. The molecule has 1 unspecified atom stereocenters. The second kappa shape index (κ2) is 6.96. The summed E-state index contributed by atoms with van der Waals surface area (Å²) < 4.78 is 18.5. The van der Waals surface area contributed by atoms with Crippen LogP contribution in [0.15, 0.2) is 36.8 Å². The van der Waals surface area contributed by atoms with Crippen molar-refractivity contribution in [3.63, 3.8) is 0 Å². The number of halogens is 1. The lowest BCUT2D eigenvalue weighted by Gasteiger charge is -2.16. The third-order valence-electron chi connectivity index (χ3n) is 2.88. The maximum Gasteiger partial charge on any atom is 0.141 e. The quantitative estimate of drug-likeness (QED) is 0.880. The molecule has 0 aliphatic rings. The summed E-state index contributed by atoms with van der Waals surface area (Å²) in [6, 6.07) is 4.84. The average molecular weight is 275 g/mol. The third-order valence-corrected chi connectivity index (χ3v) is 2.88. The number of nitrogens with one attached hydrogen (secondary N) is 1. The summed E-state index contributed by atoms with van der Waals surface area (Å²) in [5, 5.41) is 3.16. The van der Waals surface area contributed by atoms with Crippen LogP contribution in [-0.4, -0.2) is 23.6 Å². The molecule has 0 aliphatic heterocycles.